The van der Waals surface area contributed by atoms with Gasteiger partial charge in [0.05, 0.1) is 27.1 Å². The number of esters is 5. The lowest BCUT2D eigenvalue weighted by atomic mass is 9.46. The van der Waals surface area contributed by atoms with E-state index in [0.29, 0.717) is 17.6 Å². The molecule has 1 aromatic rings. The lowest BCUT2D eigenvalue weighted by Gasteiger charge is -2.61. The third kappa shape index (κ3) is 18.5. The van der Waals surface area contributed by atoms with Crippen LogP contribution in [0.15, 0.2) is 24.3 Å². The van der Waals surface area contributed by atoms with Crippen LogP contribution in [0.5, 0.6) is 11.5 Å². The van der Waals surface area contributed by atoms with Crippen LogP contribution in [0.1, 0.15) is 364 Å². The molecule has 0 heterocycles. The molecule has 10 bridgehead atoms. The molecule has 3 unspecified atom stereocenters. The summed E-state index contributed by atoms with van der Waals surface area (Å²) >= 11 is 0. The van der Waals surface area contributed by atoms with Gasteiger partial charge in [0.1, 0.15) is 39.5 Å². The summed E-state index contributed by atoms with van der Waals surface area (Å²) in [6.45, 7) is 43.2. The van der Waals surface area contributed by atoms with Crippen molar-refractivity contribution in [2.24, 2.45) is 97.6 Å². The molecule has 0 radical (unpaired) electrons. The Bertz CT molecular complexity index is 2770. The molecule has 15 rings (SSSR count). The highest BCUT2D eigenvalue weighted by atomic mass is 16.6. The molecule has 564 valence electrons. The van der Waals surface area contributed by atoms with E-state index in [2.05, 4.69) is 62.3 Å². The molecule has 14 aliphatic rings. The number of benzene rings is 1. The lowest BCUT2D eigenvalue weighted by molar-refractivity contribution is -0.218. The lowest BCUT2D eigenvalue weighted by Crippen LogP contribution is -2.60. The quantitative estimate of drug-likeness (QED) is 0.0660. The Morgan fingerprint density at radius 3 is 1.19 bits per heavy atom. The molecule has 3 atom stereocenters. The van der Waals surface area contributed by atoms with E-state index in [4.69, 9.17) is 28.4 Å². The summed E-state index contributed by atoms with van der Waals surface area (Å²) in [6.07, 6.45) is 40.4. The molecule has 0 amide bonds. The minimum absolute atomic E-state index is 0.00857. The summed E-state index contributed by atoms with van der Waals surface area (Å²) in [4.78, 5) is 61.9. The molecular formula is C88H146O11. The van der Waals surface area contributed by atoms with Crippen molar-refractivity contribution in [2.45, 2.75) is 392 Å². The third-order valence-corrected chi connectivity index (χ3v) is 29.8. The maximum atomic E-state index is 12.6. The summed E-state index contributed by atoms with van der Waals surface area (Å²) in [5, 5.41) is 0. The largest absolute Gasteiger partial charge is 0.488 e. The molecular weight excluding hydrogens is 1230 g/mol. The van der Waals surface area contributed by atoms with Crippen LogP contribution in [0.3, 0.4) is 0 Å². The molecule has 0 aliphatic heterocycles. The Balaban J connectivity index is 0.000000158. The van der Waals surface area contributed by atoms with Gasteiger partial charge in [-0.05, 0) is 398 Å². The van der Waals surface area contributed by atoms with Crippen molar-refractivity contribution < 1.29 is 52.4 Å². The Morgan fingerprint density at radius 2 is 0.768 bits per heavy atom. The predicted octanol–water partition coefficient (Wildman–Crippen LogP) is 23.3. The molecule has 14 saturated carbocycles. The van der Waals surface area contributed by atoms with Gasteiger partial charge in [-0.2, -0.15) is 0 Å². The molecule has 14 aliphatic carbocycles. The molecule has 0 aromatic heterocycles. The van der Waals surface area contributed by atoms with Gasteiger partial charge in [0.25, 0.3) is 0 Å². The zero-order chi connectivity index (χ0) is 73.0. The maximum Gasteiger partial charge on any atom is 0.316 e. The highest BCUT2D eigenvalue weighted by molar-refractivity contribution is 5.79. The van der Waals surface area contributed by atoms with E-state index in [0.717, 1.165) is 149 Å². The van der Waals surface area contributed by atoms with E-state index in [1.165, 1.54) is 128 Å². The Morgan fingerprint density at radius 1 is 0.394 bits per heavy atom. The van der Waals surface area contributed by atoms with Gasteiger partial charge in [-0.3, -0.25) is 24.0 Å². The molecule has 99 heavy (non-hydrogen) atoms. The van der Waals surface area contributed by atoms with Gasteiger partial charge < -0.3 is 28.4 Å². The normalized spacial score (nSPS) is 32.8. The Labute approximate surface area is 604 Å². The van der Waals surface area contributed by atoms with Gasteiger partial charge >= 0.3 is 29.8 Å². The molecule has 11 nitrogen and oxygen atoms in total. The number of hydrogen-bond donors (Lipinski definition) is 0. The van der Waals surface area contributed by atoms with E-state index in [9.17, 15) is 24.0 Å². The number of carbonyl (C=O) groups excluding carboxylic acids is 5. The number of carbonyl (C=O) groups is 5. The van der Waals surface area contributed by atoms with Crippen LogP contribution in [0.4, 0.5) is 0 Å². The minimum Gasteiger partial charge on any atom is -0.488 e. The number of hydrogen-bond acceptors (Lipinski definition) is 11. The van der Waals surface area contributed by atoms with Crippen LogP contribution >= 0.6 is 0 Å². The van der Waals surface area contributed by atoms with Crippen molar-refractivity contribution in [3.05, 3.63) is 24.3 Å². The fourth-order valence-corrected chi connectivity index (χ4v) is 20.6. The van der Waals surface area contributed by atoms with E-state index < -0.39 is 5.41 Å². The first-order chi connectivity index (χ1) is 46.3. The van der Waals surface area contributed by atoms with E-state index in [1.807, 2.05) is 95.2 Å². The average molecular weight is 1380 g/mol. The number of fused-ring (bicyclic) bond motifs is 2. The first-order valence-corrected chi connectivity index (χ1v) is 41.2. The summed E-state index contributed by atoms with van der Waals surface area (Å²) < 4.78 is 35.9. The highest BCUT2D eigenvalue weighted by Crippen LogP contribution is 2.65. The molecule has 11 heteroatoms. The minimum atomic E-state index is -0.452. The van der Waals surface area contributed by atoms with Crippen LogP contribution in [-0.2, 0) is 42.9 Å². The van der Waals surface area contributed by atoms with Crippen molar-refractivity contribution in [1.82, 2.24) is 0 Å². The van der Waals surface area contributed by atoms with E-state index in [-0.39, 0.29) is 84.9 Å². The zero-order valence-corrected chi connectivity index (χ0v) is 67.2. The highest BCUT2D eigenvalue weighted by Gasteiger charge is 2.61. The van der Waals surface area contributed by atoms with Gasteiger partial charge in [-0.1, -0.05) is 55.4 Å². The summed E-state index contributed by atoms with van der Waals surface area (Å²) in [7, 11) is 0. The second-order valence-electron chi connectivity index (χ2n) is 38.7. The topological polar surface area (TPSA) is 141 Å². The van der Waals surface area contributed by atoms with E-state index in [1.54, 1.807) is 12.1 Å². The fraction of sp³-hybridized carbons (Fsp3) is 0.875. The van der Waals surface area contributed by atoms with Gasteiger partial charge in [0.2, 0.25) is 0 Å². The first kappa shape index (κ1) is 81.0. The van der Waals surface area contributed by atoms with Gasteiger partial charge in [-0.25, -0.2) is 0 Å². The monoisotopic (exact) mass is 1380 g/mol. The van der Waals surface area contributed by atoms with Gasteiger partial charge in [0.15, 0.2) is 0 Å². The van der Waals surface area contributed by atoms with Crippen LogP contribution < -0.4 is 9.47 Å². The molecule has 14 fully saturated rings. The van der Waals surface area contributed by atoms with Crippen LogP contribution in [0.2, 0.25) is 0 Å². The Kier molecular flexibility index (Phi) is 26.2. The zero-order valence-electron chi connectivity index (χ0n) is 67.2. The molecule has 1 aromatic carbocycles. The second kappa shape index (κ2) is 32.0. The summed E-state index contributed by atoms with van der Waals surface area (Å²) in [5.41, 5.74) is -2.35. The van der Waals surface area contributed by atoms with E-state index >= 15 is 0 Å². The summed E-state index contributed by atoms with van der Waals surface area (Å²) in [5.74, 6) is 10.7. The third-order valence-electron chi connectivity index (χ3n) is 29.8. The van der Waals surface area contributed by atoms with Crippen molar-refractivity contribution >= 4 is 29.8 Å². The average Bonchev–Trinajstić information content (AvgIpc) is 1.07. The standard InChI is InChI=1S/C20H34O2.C19H32O2.C18H26O3.C18H30O2.C13H24O2/c1-5-19(3,4)18(21)22-20(6-2)12-11-16-14-7-9-15(10-8-14)17(16)13-20;1-6-17(2,3)16(20)21-18(4,5)19-10-13-7-14(11-19)9-15(8-13)12-19;1-5-17(2,3)16(19)20-14-8-10-15(11-9-14)21-18(4)12-6-7-13-18;1-5-17(3,4)16(19)20-18(6-2)14-8-12-7-13(10-14)11-15(18)9-12;1-5-12(3,4)11(14)15-13(6-2)9-7-8-10-13/h14-17H,5-13H2,1-4H3;13-15H,6-12H2,1-5H3;8-11H,5-7,12-13H2,1-4H3;12-15H,5-11H2,1-4H3;5-10H2,1-4H3. The van der Waals surface area contributed by atoms with Crippen molar-refractivity contribution in [3.63, 3.8) is 0 Å². The fourth-order valence-electron chi connectivity index (χ4n) is 20.6. The van der Waals surface area contributed by atoms with Crippen LogP contribution in [0, 0.1) is 97.6 Å². The van der Waals surface area contributed by atoms with Crippen LogP contribution in [-0.4, -0.2) is 57.9 Å². The number of rotatable bonds is 21. The molecule has 0 N–H and O–H groups in total. The molecule has 0 saturated heterocycles. The van der Waals surface area contributed by atoms with Crippen molar-refractivity contribution in [1.29, 1.82) is 0 Å². The smallest absolute Gasteiger partial charge is 0.316 e. The van der Waals surface area contributed by atoms with Crippen LogP contribution in [0.25, 0.3) is 0 Å². The second-order valence-corrected chi connectivity index (χ2v) is 38.7. The summed E-state index contributed by atoms with van der Waals surface area (Å²) in [6, 6.07) is 7.37. The van der Waals surface area contributed by atoms with Gasteiger partial charge in [-0.15, -0.1) is 0 Å². The maximum absolute atomic E-state index is 12.6. The predicted molar refractivity (Wildman–Crippen MR) is 400 cm³/mol. The van der Waals surface area contributed by atoms with Gasteiger partial charge in [0, 0.05) is 5.41 Å². The van der Waals surface area contributed by atoms with Crippen molar-refractivity contribution in [2.75, 3.05) is 0 Å². The Hall–Kier alpha value is -3.63. The number of ether oxygens (including phenoxy) is 6. The molecule has 0 spiro atoms. The first-order valence-electron chi connectivity index (χ1n) is 41.2. The van der Waals surface area contributed by atoms with Crippen molar-refractivity contribution in [3.8, 4) is 11.5 Å². The SMILES string of the molecule is CCC(C)(C)C(=O)OC(C)(C)C12CC3CC(CC(C3)C1)C2.CCC(C)(C)C(=O)OC1(CC)C2CC3CC(C2)CC1C3.CCC(C)(C)C(=O)Oc1ccc(OC2(C)CCCC2)cc1.CCC1(OC(=O)C(C)(C)CC)CCC2C3CCC(CC3)C2C1.CCC1(OC(=O)C(C)(C)CC)CCCC1.